The zero-order valence-electron chi connectivity index (χ0n) is 13.6. The smallest absolute Gasteiger partial charge is 0.0271 e. The Morgan fingerprint density at radius 1 is 1.16 bits per heavy atom. The highest BCUT2D eigenvalue weighted by molar-refractivity contribution is 5.01. The summed E-state index contributed by atoms with van der Waals surface area (Å²) in [4.78, 5) is 5.38. The highest BCUT2D eigenvalue weighted by Crippen LogP contribution is 2.39. The number of rotatable bonds is 4. The van der Waals surface area contributed by atoms with Crippen molar-refractivity contribution in [1.82, 2.24) is 15.1 Å². The molecule has 0 aromatic rings. The molecular formula is C16H33N3. The zero-order valence-corrected chi connectivity index (χ0v) is 13.6. The molecule has 0 radical (unpaired) electrons. The van der Waals surface area contributed by atoms with Crippen LogP contribution in [0, 0.1) is 11.3 Å². The van der Waals surface area contributed by atoms with Crippen LogP contribution in [0.15, 0.2) is 0 Å². The maximum absolute atomic E-state index is 3.59. The van der Waals surface area contributed by atoms with Crippen LogP contribution in [0.2, 0.25) is 0 Å². The lowest BCUT2D eigenvalue weighted by molar-refractivity contribution is 0.0728. The third kappa shape index (κ3) is 3.50. The van der Waals surface area contributed by atoms with E-state index in [2.05, 4.69) is 49.9 Å². The number of piperazine rings is 1. The van der Waals surface area contributed by atoms with E-state index in [9.17, 15) is 0 Å². The molecule has 2 atom stereocenters. The fraction of sp³-hybridized carbons (Fsp3) is 1.00. The minimum absolute atomic E-state index is 0.453. The van der Waals surface area contributed by atoms with E-state index < -0.39 is 0 Å². The summed E-state index contributed by atoms with van der Waals surface area (Å²) in [5, 5.41) is 3.59. The van der Waals surface area contributed by atoms with Crippen molar-refractivity contribution in [2.75, 3.05) is 39.8 Å². The topological polar surface area (TPSA) is 18.5 Å². The van der Waals surface area contributed by atoms with Gasteiger partial charge in [0.05, 0.1) is 0 Å². The predicted octanol–water partition coefficient (Wildman–Crippen LogP) is 2.04. The van der Waals surface area contributed by atoms with E-state index >= 15 is 0 Å². The monoisotopic (exact) mass is 267 g/mol. The van der Waals surface area contributed by atoms with Crippen molar-refractivity contribution in [2.45, 2.75) is 52.6 Å². The first-order chi connectivity index (χ1) is 8.94. The number of hydrogen-bond donors (Lipinski definition) is 1. The van der Waals surface area contributed by atoms with Crippen LogP contribution < -0.4 is 5.32 Å². The van der Waals surface area contributed by atoms with Gasteiger partial charge in [0.2, 0.25) is 0 Å². The highest BCUT2D eigenvalue weighted by atomic mass is 15.3. The Kier molecular flexibility index (Phi) is 4.91. The van der Waals surface area contributed by atoms with Crippen LogP contribution in [0.25, 0.3) is 0 Å². The molecule has 0 spiro atoms. The Bertz CT molecular complexity index is 280. The Morgan fingerprint density at radius 3 is 2.32 bits per heavy atom. The molecule has 2 aliphatic rings. The van der Waals surface area contributed by atoms with E-state index in [-0.39, 0.29) is 0 Å². The summed E-state index contributed by atoms with van der Waals surface area (Å²) in [6.45, 7) is 15.8. The number of likely N-dealkylation sites (N-methyl/N-ethyl adjacent to an activating group) is 1. The molecule has 0 bridgehead atoms. The molecule has 3 nitrogen and oxygen atoms in total. The van der Waals surface area contributed by atoms with Crippen molar-refractivity contribution in [3.05, 3.63) is 0 Å². The van der Waals surface area contributed by atoms with Crippen LogP contribution in [-0.4, -0.2) is 61.7 Å². The Labute approximate surface area is 119 Å². The molecule has 0 aromatic heterocycles. The molecule has 1 heterocycles. The summed E-state index contributed by atoms with van der Waals surface area (Å²) >= 11 is 0. The number of hydrogen-bond acceptors (Lipinski definition) is 3. The molecule has 3 heteroatoms. The zero-order chi connectivity index (χ0) is 14.0. The van der Waals surface area contributed by atoms with E-state index in [0.717, 1.165) is 12.0 Å². The van der Waals surface area contributed by atoms with Gasteiger partial charge in [-0.05, 0) is 31.2 Å². The standard InChI is InChI=1S/C16H33N3/c1-13(2)12-18-8-10-19(11-9-18)14-6-7-16(3,4)15(14)17-5/h13-15,17H,6-12H2,1-5H3. The van der Waals surface area contributed by atoms with Crippen molar-refractivity contribution < 1.29 is 0 Å². The van der Waals surface area contributed by atoms with Crippen molar-refractivity contribution in [2.24, 2.45) is 11.3 Å². The summed E-state index contributed by atoms with van der Waals surface area (Å²) in [5.74, 6) is 0.794. The maximum atomic E-state index is 3.59. The molecule has 1 saturated heterocycles. The molecule has 19 heavy (non-hydrogen) atoms. The van der Waals surface area contributed by atoms with Crippen molar-refractivity contribution >= 4 is 0 Å². The van der Waals surface area contributed by atoms with E-state index in [1.165, 1.54) is 45.6 Å². The van der Waals surface area contributed by atoms with Crippen molar-refractivity contribution in [3.8, 4) is 0 Å². The summed E-state index contributed by atoms with van der Waals surface area (Å²) in [7, 11) is 2.14. The first-order valence-electron chi connectivity index (χ1n) is 8.07. The number of nitrogens with one attached hydrogen (secondary N) is 1. The largest absolute Gasteiger partial charge is 0.315 e. The minimum atomic E-state index is 0.453. The Morgan fingerprint density at radius 2 is 1.79 bits per heavy atom. The van der Waals surface area contributed by atoms with Gasteiger partial charge in [0, 0.05) is 44.8 Å². The van der Waals surface area contributed by atoms with E-state index in [0.29, 0.717) is 11.5 Å². The average molecular weight is 267 g/mol. The van der Waals surface area contributed by atoms with Gasteiger partial charge in [-0.25, -0.2) is 0 Å². The summed E-state index contributed by atoms with van der Waals surface area (Å²) in [6.07, 6.45) is 2.72. The third-order valence-corrected chi connectivity index (χ3v) is 5.12. The van der Waals surface area contributed by atoms with Crippen molar-refractivity contribution in [1.29, 1.82) is 0 Å². The van der Waals surface area contributed by atoms with Gasteiger partial charge in [-0.2, -0.15) is 0 Å². The predicted molar refractivity (Wildman–Crippen MR) is 82.5 cm³/mol. The van der Waals surface area contributed by atoms with Crippen molar-refractivity contribution in [3.63, 3.8) is 0 Å². The maximum Gasteiger partial charge on any atom is 0.0271 e. The Balaban J connectivity index is 1.88. The first kappa shape index (κ1) is 15.3. The van der Waals surface area contributed by atoms with Gasteiger partial charge in [-0.3, -0.25) is 4.90 Å². The lowest BCUT2D eigenvalue weighted by atomic mass is 9.86. The minimum Gasteiger partial charge on any atom is -0.315 e. The summed E-state index contributed by atoms with van der Waals surface area (Å²) in [6, 6.07) is 1.41. The van der Waals surface area contributed by atoms with E-state index in [4.69, 9.17) is 0 Å². The second-order valence-corrected chi connectivity index (χ2v) is 7.59. The highest BCUT2D eigenvalue weighted by Gasteiger charge is 2.43. The molecule has 0 amide bonds. The molecule has 1 saturated carbocycles. The average Bonchev–Trinajstić information content (AvgIpc) is 2.64. The lowest BCUT2D eigenvalue weighted by Gasteiger charge is -2.42. The lowest BCUT2D eigenvalue weighted by Crippen LogP contribution is -2.56. The van der Waals surface area contributed by atoms with Crippen LogP contribution >= 0.6 is 0 Å². The van der Waals surface area contributed by atoms with Gasteiger partial charge in [0.1, 0.15) is 0 Å². The van der Waals surface area contributed by atoms with Crippen LogP contribution in [0.5, 0.6) is 0 Å². The van der Waals surface area contributed by atoms with Gasteiger partial charge in [-0.1, -0.05) is 27.7 Å². The fourth-order valence-corrected chi connectivity index (χ4v) is 4.13. The van der Waals surface area contributed by atoms with E-state index in [1.54, 1.807) is 0 Å². The molecule has 2 unspecified atom stereocenters. The SMILES string of the molecule is CNC1C(N2CCN(CC(C)C)CC2)CCC1(C)C. The van der Waals surface area contributed by atoms with Crippen LogP contribution in [0.3, 0.4) is 0 Å². The molecule has 2 fully saturated rings. The van der Waals surface area contributed by atoms with Gasteiger partial charge in [0.15, 0.2) is 0 Å². The molecule has 1 aliphatic heterocycles. The third-order valence-electron chi connectivity index (χ3n) is 5.12. The second kappa shape index (κ2) is 6.11. The molecule has 1 aliphatic carbocycles. The summed E-state index contributed by atoms with van der Waals surface area (Å²) in [5.41, 5.74) is 0.453. The normalized spacial score (nSPS) is 33.2. The van der Waals surface area contributed by atoms with Gasteiger partial charge < -0.3 is 10.2 Å². The van der Waals surface area contributed by atoms with Crippen LogP contribution in [-0.2, 0) is 0 Å². The molecule has 0 aromatic carbocycles. The van der Waals surface area contributed by atoms with Gasteiger partial charge in [0.25, 0.3) is 0 Å². The Hall–Kier alpha value is -0.120. The molecular weight excluding hydrogens is 234 g/mol. The first-order valence-corrected chi connectivity index (χ1v) is 8.07. The van der Waals surface area contributed by atoms with Gasteiger partial charge in [-0.15, -0.1) is 0 Å². The van der Waals surface area contributed by atoms with E-state index in [1.807, 2.05) is 0 Å². The molecule has 1 N–H and O–H groups in total. The van der Waals surface area contributed by atoms with Gasteiger partial charge >= 0.3 is 0 Å². The quantitative estimate of drug-likeness (QED) is 0.841. The van der Waals surface area contributed by atoms with Crippen LogP contribution in [0.1, 0.15) is 40.5 Å². The molecule has 112 valence electrons. The fourth-order valence-electron chi connectivity index (χ4n) is 4.13. The molecule has 2 rings (SSSR count). The summed E-state index contributed by atoms with van der Waals surface area (Å²) < 4.78 is 0. The number of nitrogens with zero attached hydrogens (tertiary/aromatic N) is 2. The second-order valence-electron chi connectivity index (χ2n) is 7.59. The van der Waals surface area contributed by atoms with Crippen LogP contribution in [0.4, 0.5) is 0 Å².